The summed E-state index contributed by atoms with van der Waals surface area (Å²) >= 11 is 5.97. The number of ether oxygens (including phenoxy) is 2. The number of amides is 1. The highest BCUT2D eigenvalue weighted by Crippen LogP contribution is 2.25. The molecule has 1 heterocycles. The average molecular weight is 284 g/mol. The highest BCUT2D eigenvalue weighted by Gasteiger charge is 2.21. The minimum Gasteiger partial charge on any atom is -0.495 e. The molecule has 1 aliphatic rings. The van der Waals surface area contributed by atoms with Crippen LogP contribution in [0.5, 0.6) is 5.75 Å². The molecule has 0 unspecified atom stereocenters. The summed E-state index contributed by atoms with van der Waals surface area (Å²) in [5.74, 6) is 0.194. The van der Waals surface area contributed by atoms with E-state index in [1.165, 1.54) is 12.0 Å². The van der Waals surface area contributed by atoms with E-state index in [1.807, 2.05) is 0 Å². The normalized spacial score (nSPS) is 15.5. The average Bonchev–Trinajstić information content (AvgIpc) is 2.41. The lowest BCUT2D eigenvalue weighted by Gasteiger charge is -2.26. The van der Waals surface area contributed by atoms with E-state index in [2.05, 4.69) is 0 Å². The van der Waals surface area contributed by atoms with Crippen molar-refractivity contribution < 1.29 is 19.1 Å². The van der Waals surface area contributed by atoms with E-state index in [-0.39, 0.29) is 24.8 Å². The maximum Gasteiger partial charge on any atom is 0.249 e. The standard InChI is InChI=1S/C13H14ClNO4/c1-18-12-3-2-9(6-10(12)14)11(16)7-15-4-5-19-8-13(15)17/h2-3,6H,4-5,7-8H2,1H3. The summed E-state index contributed by atoms with van der Waals surface area (Å²) in [6.07, 6.45) is 0. The SMILES string of the molecule is COc1ccc(C(=O)CN2CCOCC2=O)cc1Cl. The maximum absolute atomic E-state index is 12.1. The van der Waals surface area contributed by atoms with Crippen LogP contribution < -0.4 is 4.74 Å². The minimum absolute atomic E-state index is 0.0383. The fourth-order valence-corrected chi connectivity index (χ4v) is 2.08. The molecule has 2 rings (SSSR count). The van der Waals surface area contributed by atoms with Crippen LogP contribution in [0.4, 0.5) is 0 Å². The van der Waals surface area contributed by atoms with Gasteiger partial charge in [0.05, 0.1) is 25.3 Å². The molecule has 1 amide bonds. The van der Waals surface area contributed by atoms with Gasteiger partial charge in [-0.3, -0.25) is 9.59 Å². The van der Waals surface area contributed by atoms with E-state index >= 15 is 0 Å². The van der Waals surface area contributed by atoms with Crippen LogP contribution in [0, 0.1) is 0 Å². The summed E-state index contributed by atoms with van der Waals surface area (Å²) in [7, 11) is 1.51. The molecule has 0 spiro atoms. The van der Waals surface area contributed by atoms with Crippen molar-refractivity contribution >= 4 is 23.3 Å². The predicted molar refractivity (Wildman–Crippen MR) is 69.7 cm³/mol. The van der Waals surface area contributed by atoms with Crippen LogP contribution in [-0.2, 0) is 9.53 Å². The van der Waals surface area contributed by atoms with E-state index in [4.69, 9.17) is 21.1 Å². The van der Waals surface area contributed by atoms with Crippen molar-refractivity contribution in [3.05, 3.63) is 28.8 Å². The van der Waals surface area contributed by atoms with Crippen molar-refractivity contribution in [1.29, 1.82) is 0 Å². The first-order chi connectivity index (χ1) is 9.11. The van der Waals surface area contributed by atoms with Crippen LogP contribution >= 0.6 is 11.6 Å². The zero-order chi connectivity index (χ0) is 13.8. The van der Waals surface area contributed by atoms with Gasteiger partial charge in [0.2, 0.25) is 5.91 Å². The van der Waals surface area contributed by atoms with Crippen LogP contribution in [0.2, 0.25) is 5.02 Å². The van der Waals surface area contributed by atoms with Gasteiger partial charge in [0.1, 0.15) is 12.4 Å². The number of ketones is 1. The molecule has 1 aromatic carbocycles. The molecule has 0 aromatic heterocycles. The number of nitrogens with zero attached hydrogens (tertiary/aromatic N) is 1. The molecular weight excluding hydrogens is 270 g/mol. The number of hydrogen-bond acceptors (Lipinski definition) is 4. The van der Waals surface area contributed by atoms with Crippen LogP contribution in [0.25, 0.3) is 0 Å². The Hall–Kier alpha value is -1.59. The predicted octanol–water partition coefficient (Wildman–Crippen LogP) is 1.39. The Morgan fingerprint density at radius 3 is 2.95 bits per heavy atom. The Morgan fingerprint density at radius 1 is 1.53 bits per heavy atom. The third-order valence-electron chi connectivity index (χ3n) is 2.89. The van der Waals surface area contributed by atoms with E-state index in [9.17, 15) is 9.59 Å². The monoisotopic (exact) mass is 283 g/mol. The van der Waals surface area contributed by atoms with Gasteiger partial charge in [-0.15, -0.1) is 0 Å². The number of methoxy groups -OCH3 is 1. The van der Waals surface area contributed by atoms with Gasteiger partial charge < -0.3 is 14.4 Å². The lowest BCUT2D eigenvalue weighted by Crippen LogP contribution is -2.44. The van der Waals surface area contributed by atoms with Crippen molar-refractivity contribution in [2.24, 2.45) is 0 Å². The van der Waals surface area contributed by atoms with Crippen molar-refractivity contribution in [3.63, 3.8) is 0 Å². The smallest absolute Gasteiger partial charge is 0.249 e. The fourth-order valence-electron chi connectivity index (χ4n) is 1.82. The molecule has 1 aromatic rings. The van der Waals surface area contributed by atoms with Gasteiger partial charge in [0, 0.05) is 12.1 Å². The first-order valence-electron chi connectivity index (χ1n) is 5.84. The van der Waals surface area contributed by atoms with Gasteiger partial charge in [0.15, 0.2) is 5.78 Å². The van der Waals surface area contributed by atoms with Crippen molar-refractivity contribution in [1.82, 2.24) is 4.90 Å². The summed E-state index contributed by atoms with van der Waals surface area (Å²) in [5, 5.41) is 0.377. The van der Waals surface area contributed by atoms with Crippen LogP contribution in [-0.4, -0.2) is 50.0 Å². The number of halogens is 1. The van der Waals surface area contributed by atoms with Gasteiger partial charge in [-0.2, -0.15) is 0 Å². The lowest BCUT2D eigenvalue weighted by atomic mass is 10.1. The Morgan fingerprint density at radius 2 is 2.32 bits per heavy atom. The molecule has 0 radical (unpaired) electrons. The number of Topliss-reactive ketones (excluding diaryl/α,β-unsaturated/α-hetero) is 1. The highest BCUT2D eigenvalue weighted by molar-refractivity contribution is 6.32. The molecule has 0 bridgehead atoms. The second-order valence-electron chi connectivity index (χ2n) is 4.14. The summed E-state index contributed by atoms with van der Waals surface area (Å²) in [4.78, 5) is 25.1. The van der Waals surface area contributed by atoms with Gasteiger partial charge in [-0.1, -0.05) is 11.6 Å². The molecule has 0 atom stereocenters. The summed E-state index contributed by atoms with van der Waals surface area (Å²) in [6, 6.07) is 4.82. The van der Waals surface area contributed by atoms with E-state index < -0.39 is 0 Å². The molecular formula is C13H14ClNO4. The first kappa shape index (κ1) is 13.8. The van der Waals surface area contributed by atoms with Crippen molar-refractivity contribution in [2.75, 3.05) is 33.4 Å². The molecule has 6 heteroatoms. The van der Waals surface area contributed by atoms with Crippen molar-refractivity contribution in [2.45, 2.75) is 0 Å². The first-order valence-corrected chi connectivity index (χ1v) is 6.22. The largest absolute Gasteiger partial charge is 0.495 e. The van der Waals surface area contributed by atoms with Crippen LogP contribution in [0.1, 0.15) is 10.4 Å². The minimum atomic E-state index is -0.167. The molecule has 0 saturated carbocycles. The zero-order valence-corrected chi connectivity index (χ0v) is 11.3. The number of rotatable bonds is 4. The van der Waals surface area contributed by atoms with E-state index in [0.29, 0.717) is 29.5 Å². The van der Waals surface area contributed by atoms with Gasteiger partial charge in [-0.05, 0) is 18.2 Å². The maximum atomic E-state index is 12.1. The number of carbonyl (C=O) groups is 2. The lowest BCUT2D eigenvalue weighted by molar-refractivity contribution is -0.141. The molecule has 102 valence electrons. The number of hydrogen-bond donors (Lipinski definition) is 0. The summed E-state index contributed by atoms with van der Waals surface area (Å²) in [5.41, 5.74) is 0.463. The molecule has 0 aliphatic carbocycles. The molecule has 0 N–H and O–H groups in total. The Balaban J connectivity index is 2.07. The Kier molecular flexibility index (Phi) is 4.39. The topological polar surface area (TPSA) is 55.8 Å². The van der Waals surface area contributed by atoms with E-state index in [1.54, 1.807) is 18.2 Å². The quantitative estimate of drug-likeness (QED) is 0.784. The van der Waals surface area contributed by atoms with Crippen LogP contribution in [0.3, 0.4) is 0 Å². The Labute approximate surface area is 116 Å². The number of benzene rings is 1. The Bertz CT molecular complexity index is 503. The molecule has 1 fully saturated rings. The summed E-state index contributed by atoms with van der Waals surface area (Å²) in [6.45, 7) is 0.984. The molecule has 1 aliphatic heterocycles. The highest BCUT2D eigenvalue weighted by atomic mass is 35.5. The second-order valence-corrected chi connectivity index (χ2v) is 4.55. The molecule has 19 heavy (non-hydrogen) atoms. The van der Waals surface area contributed by atoms with Gasteiger partial charge in [-0.25, -0.2) is 0 Å². The number of carbonyl (C=O) groups excluding carboxylic acids is 2. The molecule has 5 nitrogen and oxygen atoms in total. The molecule has 1 saturated heterocycles. The zero-order valence-electron chi connectivity index (χ0n) is 10.5. The third-order valence-corrected chi connectivity index (χ3v) is 3.19. The fraction of sp³-hybridized carbons (Fsp3) is 0.385. The van der Waals surface area contributed by atoms with Crippen LogP contribution in [0.15, 0.2) is 18.2 Å². The van der Waals surface area contributed by atoms with Crippen molar-refractivity contribution in [3.8, 4) is 5.75 Å². The summed E-state index contributed by atoms with van der Waals surface area (Å²) < 4.78 is 10.0. The van der Waals surface area contributed by atoms with Gasteiger partial charge >= 0.3 is 0 Å². The van der Waals surface area contributed by atoms with Gasteiger partial charge in [0.25, 0.3) is 0 Å². The van der Waals surface area contributed by atoms with E-state index in [0.717, 1.165) is 0 Å². The third kappa shape index (κ3) is 3.24. The number of morpholine rings is 1. The second kappa shape index (κ2) is 6.04.